The number of nitrogens with one attached hydrogen (secondary N) is 1. The summed E-state index contributed by atoms with van der Waals surface area (Å²) in [7, 11) is 1.29. The van der Waals surface area contributed by atoms with Crippen molar-refractivity contribution in [2.24, 2.45) is 0 Å². The van der Waals surface area contributed by atoms with Crippen LogP contribution in [0.2, 0.25) is 0 Å². The van der Waals surface area contributed by atoms with Gasteiger partial charge in [0.05, 0.1) is 13.2 Å². The Morgan fingerprint density at radius 2 is 1.50 bits per heavy atom. The Kier molecular flexibility index (Phi) is 8.48. The van der Waals surface area contributed by atoms with Gasteiger partial charge in [-0.3, -0.25) is 4.90 Å². The number of methoxy groups -OCH3 is 1. The molecule has 32 heavy (non-hydrogen) atoms. The number of carbonyl (C=O) groups is 3. The molecule has 1 N–H and O–H groups in total. The lowest BCUT2D eigenvalue weighted by Gasteiger charge is -2.39. The number of carbonyl (C=O) groups excluding carboxylic acids is 3. The fraction of sp³-hybridized carbons (Fsp3) is 0.375. The fourth-order valence-corrected chi connectivity index (χ4v) is 3.69. The van der Waals surface area contributed by atoms with Gasteiger partial charge in [-0.05, 0) is 30.4 Å². The smallest absolute Gasteiger partial charge is 0.411 e. The third kappa shape index (κ3) is 6.47. The Balaban J connectivity index is 1.60. The summed E-state index contributed by atoms with van der Waals surface area (Å²) in [4.78, 5) is 38.8. The number of amides is 2. The van der Waals surface area contributed by atoms with Crippen molar-refractivity contribution < 1.29 is 28.6 Å². The van der Waals surface area contributed by atoms with Crippen molar-refractivity contribution in [1.82, 2.24) is 10.2 Å². The van der Waals surface area contributed by atoms with Crippen molar-refractivity contribution in [1.29, 1.82) is 0 Å². The number of rotatable bonds is 7. The molecular formula is C24H28N2O6. The molecule has 2 aromatic carbocycles. The molecule has 0 saturated carbocycles. The second-order valence-electron chi connectivity index (χ2n) is 7.51. The van der Waals surface area contributed by atoms with Crippen LogP contribution >= 0.6 is 0 Å². The maximum atomic E-state index is 12.9. The number of nitrogens with zero attached hydrogens (tertiary/aromatic N) is 1. The summed E-state index contributed by atoms with van der Waals surface area (Å²) in [5.74, 6) is -0.502. The molecular weight excluding hydrogens is 412 g/mol. The van der Waals surface area contributed by atoms with Gasteiger partial charge in [0, 0.05) is 6.54 Å². The van der Waals surface area contributed by atoms with E-state index in [1.807, 2.05) is 60.7 Å². The van der Waals surface area contributed by atoms with Crippen molar-refractivity contribution in [3.05, 3.63) is 71.8 Å². The molecule has 2 atom stereocenters. The van der Waals surface area contributed by atoms with Crippen LogP contribution in [-0.2, 0) is 32.2 Å². The van der Waals surface area contributed by atoms with Gasteiger partial charge in [-0.1, -0.05) is 60.7 Å². The standard InChI is InChI=1S/C24H28N2O6/c1-30-22(27)21-14-8-13-20(15-25-23(28)31-16-18-9-4-2-5-10-18)26(21)24(29)32-17-19-11-6-3-7-12-19/h2-7,9-12,20-21H,8,13-17H2,1H3,(H,25,28)/t20-,21+/m1/s1. The van der Waals surface area contributed by atoms with Gasteiger partial charge < -0.3 is 19.5 Å². The lowest BCUT2D eigenvalue weighted by Crippen LogP contribution is -2.57. The van der Waals surface area contributed by atoms with E-state index in [1.165, 1.54) is 12.0 Å². The highest BCUT2D eigenvalue weighted by Crippen LogP contribution is 2.25. The molecule has 0 unspecified atom stereocenters. The van der Waals surface area contributed by atoms with Crippen molar-refractivity contribution >= 4 is 18.2 Å². The minimum Gasteiger partial charge on any atom is -0.467 e. The molecule has 1 fully saturated rings. The Morgan fingerprint density at radius 1 is 0.906 bits per heavy atom. The van der Waals surface area contributed by atoms with Crippen LogP contribution in [0.1, 0.15) is 30.4 Å². The number of alkyl carbamates (subject to hydrolysis) is 1. The van der Waals surface area contributed by atoms with E-state index in [9.17, 15) is 14.4 Å². The average molecular weight is 440 g/mol. The maximum absolute atomic E-state index is 12.9. The third-order valence-electron chi connectivity index (χ3n) is 5.33. The average Bonchev–Trinajstić information content (AvgIpc) is 2.85. The van der Waals surface area contributed by atoms with Gasteiger partial charge in [-0.25, -0.2) is 14.4 Å². The zero-order chi connectivity index (χ0) is 22.8. The van der Waals surface area contributed by atoms with Crippen LogP contribution in [0.3, 0.4) is 0 Å². The summed E-state index contributed by atoms with van der Waals surface area (Å²) in [6.07, 6.45) is 0.600. The number of likely N-dealkylation sites (tertiary alicyclic amines) is 1. The molecule has 0 spiro atoms. The van der Waals surface area contributed by atoms with E-state index in [4.69, 9.17) is 14.2 Å². The minimum absolute atomic E-state index is 0.0866. The van der Waals surface area contributed by atoms with Crippen LogP contribution < -0.4 is 5.32 Å². The van der Waals surface area contributed by atoms with E-state index in [2.05, 4.69) is 5.32 Å². The number of ether oxygens (including phenoxy) is 3. The second-order valence-corrected chi connectivity index (χ2v) is 7.51. The zero-order valence-electron chi connectivity index (χ0n) is 18.1. The summed E-state index contributed by atoms with van der Waals surface area (Å²) in [6.45, 7) is 0.371. The molecule has 170 valence electrons. The first kappa shape index (κ1) is 23.1. The van der Waals surface area contributed by atoms with Crippen molar-refractivity contribution in [3.8, 4) is 0 Å². The van der Waals surface area contributed by atoms with Crippen LogP contribution in [-0.4, -0.2) is 48.8 Å². The highest BCUT2D eigenvalue weighted by Gasteiger charge is 2.40. The highest BCUT2D eigenvalue weighted by molar-refractivity contribution is 5.82. The molecule has 1 aliphatic rings. The van der Waals surface area contributed by atoms with Crippen LogP contribution in [0.25, 0.3) is 0 Å². The number of hydrogen-bond donors (Lipinski definition) is 1. The molecule has 8 nitrogen and oxygen atoms in total. The molecule has 2 amide bonds. The van der Waals surface area contributed by atoms with Crippen molar-refractivity contribution in [2.45, 2.75) is 44.6 Å². The van der Waals surface area contributed by atoms with Crippen LogP contribution in [0, 0.1) is 0 Å². The summed E-state index contributed by atoms with van der Waals surface area (Å²) in [5, 5.41) is 2.70. The van der Waals surface area contributed by atoms with E-state index >= 15 is 0 Å². The van der Waals surface area contributed by atoms with Gasteiger partial charge in [0.1, 0.15) is 19.3 Å². The van der Waals surface area contributed by atoms with Gasteiger partial charge in [-0.2, -0.15) is 0 Å². The number of hydrogen-bond acceptors (Lipinski definition) is 6. The molecule has 1 saturated heterocycles. The largest absolute Gasteiger partial charge is 0.467 e. The molecule has 1 aliphatic heterocycles. The third-order valence-corrected chi connectivity index (χ3v) is 5.33. The topological polar surface area (TPSA) is 94.2 Å². The summed E-state index contributed by atoms with van der Waals surface area (Å²) in [6, 6.07) is 17.5. The van der Waals surface area contributed by atoms with Crippen molar-refractivity contribution in [2.75, 3.05) is 13.7 Å². The van der Waals surface area contributed by atoms with E-state index in [0.29, 0.717) is 19.3 Å². The quantitative estimate of drug-likeness (QED) is 0.522. The first-order valence-corrected chi connectivity index (χ1v) is 10.6. The Labute approximate surface area is 187 Å². The van der Waals surface area contributed by atoms with Crippen LogP contribution in [0.4, 0.5) is 9.59 Å². The number of esters is 1. The number of piperidine rings is 1. The van der Waals surface area contributed by atoms with Gasteiger partial charge >= 0.3 is 18.2 Å². The summed E-state index contributed by atoms with van der Waals surface area (Å²) < 4.78 is 15.6. The molecule has 8 heteroatoms. The Hall–Kier alpha value is -3.55. The van der Waals surface area contributed by atoms with Crippen molar-refractivity contribution in [3.63, 3.8) is 0 Å². The molecule has 0 radical (unpaired) electrons. The van der Waals surface area contributed by atoms with Gasteiger partial charge in [0.15, 0.2) is 0 Å². The highest BCUT2D eigenvalue weighted by atomic mass is 16.6. The molecule has 0 bridgehead atoms. The van der Waals surface area contributed by atoms with E-state index in [1.54, 1.807) is 0 Å². The molecule has 3 rings (SSSR count). The summed E-state index contributed by atoms with van der Waals surface area (Å²) in [5.41, 5.74) is 1.71. The van der Waals surface area contributed by atoms with Crippen LogP contribution in [0.5, 0.6) is 0 Å². The first-order valence-electron chi connectivity index (χ1n) is 10.6. The molecule has 2 aromatic rings. The normalized spacial score (nSPS) is 17.8. The number of benzene rings is 2. The molecule has 0 aromatic heterocycles. The Morgan fingerprint density at radius 3 is 2.09 bits per heavy atom. The molecule has 1 heterocycles. The van der Waals surface area contributed by atoms with Gasteiger partial charge in [0.25, 0.3) is 0 Å². The van der Waals surface area contributed by atoms with E-state index < -0.39 is 30.2 Å². The van der Waals surface area contributed by atoms with E-state index in [0.717, 1.165) is 11.1 Å². The lowest BCUT2D eigenvalue weighted by molar-refractivity contribution is -0.148. The van der Waals surface area contributed by atoms with Crippen LogP contribution in [0.15, 0.2) is 60.7 Å². The van der Waals surface area contributed by atoms with Gasteiger partial charge in [-0.15, -0.1) is 0 Å². The lowest BCUT2D eigenvalue weighted by atomic mass is 9.96. The minimum atomic E-state index is -0.760. The SMILES string of the molecule is COC(=O)[C@@H]1CCC[C@H](CNC(=O)OCc2ccccc2)N1C(=O)OCc1ccccc1. The molecule has 0 aliphatic carbocycles. The second kappa shape index (κ2) is 11.7. The van der Waals surface area contributed by atoms with Gasteiger partial charge in [0.2, 0.25) is 0 Å². The summed E-state index contributed by atoms with van der Waals surface area (Å²) >= 11 is 0. The zero-order valence-corrected chi connectivity index (χ0v) is 18.1. The predicted molar refractivity (Wildman–Crippen MR) is 117 cm³/mol. The maximum Gasteiger partial charge on any atom is 0.411 e. The van der Waals surface area contributed by atoms with E-state index in [-0.39, 0.29) is 19.8 Å². The Bertz CT molecular complexity index is 890. The fourth-order valence-electron chi connectivity index (χ4n) is 3.69. The predicted octanol–water partition coefficient (Wildman–Crippen LogP) is 3.65. The monoisotopic (exact) mass is 440 g/mol. The first-order chi connectivity index (χ1) is 15.6.